The van der Waals surface area contributed by atoms with Crippen molar-refractivity contribution in [2.45, 2.75) is 13.8 Å². The predicted molar refractivity (Wildman–Crippen MR) is 122 cm³/mol. The largest absolute Gasteiger partial charge is 0.494 e. The van der Waals surface area contributed by atoms with E-state index in [9.17, 15) is 0 Å². The lowest BCUT2D eigenvalue weighted by atomic mass is 10.1. The summed E-state index contributed by atoms with van der Waals surface area (Å²) in [6.07, 6.45) is 8.86. The van der Waals surface area contributed by atoms with Gasteiger partial charge in [0.15, 0.2) is 0 Å². The number of anilines is 1. The molecular formula is C22H28N6O. The summed E-state index contributed by atoms with van der Waals surface area (Å²) in [4.78, 5) is 12.8. The molecular weight excluding hydrogens is 364 g/mol. The highest BCUT2D eigenvalue weighted by atomic mass is 16.5. The molecule has 0 aliphatic rings. The van der Waals surface area contributed by atoms with Crippen molar-refractivity contribution in [2.24, 2.45) is 16.5 Å². The third kappa shape index (κ3) is 5.93. The zero-order chi connectivity index (χ0) is 21.4. The second kappa shape index (κ2) is 10.1. The number of benzene rings is 1. The molecule has 0 atom stereocenters. The molecule has 0 bridgehead atoms. The second-order valence-corrected chi connectivity index (χ2v) is 6.54. The number of rotatable bonds is 8. The van der Waals surface area contributed by atoms with Gasteiger partial charge in [-0.2, -0.15) is 0 Å². The van der Waals surface area contributed by atoms with Crippen LogP contribution in [0.1, 0.15) is 19.4 Å². The number of aromatic nitrogens is 2. The molecule has 0 spiro atoms. The van der Waals surface area contributed by atoms with Crippen molar-refractivity contribution >= 4 is 28.1 Å². The number of aliphatic imine (C=N–C) groups is 1. The molecule has 1 heterocycles. The van der Waals surface area contributed by atoms with Crippen LogP contribution in [0.5, 0.6) is 5.75 Å². The van der Waals surface area contributed by atoms with Crippen LogP contribution in [0.4, 0.5) is 5.82 Å². The minimum Gasteiger partial charge on any atom is -0.494 e. The lowest BCUT2D eigenvalue weighted by Crippen LogP contribution is -2.06. The van der Waals surface area contributed by atoms with Crippen molar-refractivity contribution in [1.82, 2.24) is 9.97 Å². The van der Waals surface area contributed by atoms with Crippen molar-refractivity contribution < 1.29 is 4.74 Å². The van der Waals surface area contributed by atoms with Crippen molar-refractivity contribution in [3.8, 4) is 5.75 Å². The van der Waals surface area contributed by atoms with Gasteiger partial charge in [0, 0.05) is 41.6 Å². The minimum absolute atomic E-state index is 0.520. The maximum atomic E-state index is 6.22. The standard InChI is InChI=1S/C22H28N6O/c1-14(6-8-16(3)25-4)12-26-22-18-10-17(19(24)9-7-15(2)23)11-20(29-5)21(18)27-13-28-22/h6-11,13H,1,12,23-24H2,2-5H3,(H,26,27,28)/b8-6-,15-7-,19-9-,25-16?. The Morgan fingerprint density at radius 2 is 1.97 bits per heavy atom. The summed E-state index contributed by atoms with van der Waals surface area (Å²) in [5.74, 6) is 1.28. The van der Waals surface area contributed by atoms with E-state index >= 15 is 0 Å². The highest BCUT2D eigenvalue weighted by Crippen LogP contribution is 2.31. The molecule has 0 fully saturated rings. The summed E-state index contributed by atoms with van der Waals surface area (Å²) in [6.45, 7) is 8.31. The molecule has 1 aromatic heterocycles. The number of ether oxygens (including phenoxy) is 1. The Kier molecular flexibility index (Phi) is 7.54. The monoisotopic (exact) mass is 392 g/mol. The van der Waals surface area contributed by atoms with Gasteiger partial charge in [0.25, 0.3) is 0 Å². The maximum Gasteiger partial charge on any atom is 0.145 e. The van der Waals surface area contributed by atoms with Crippen molar-refractivity contribution in [2.75, 3.05) is 26.0 Å². The van der Waals surface area contributed by atoms with E-state index in [1.807, 2.05) is 31.2 Å². The number of allylic oxidation sites excluding steroid dienone is 4. The lowest BCUT2D eigenvalue weighted by Gasteiger charge is -2.13. The molecule has 7 nitrogen and oxygen atoms in total. The first-order valence-corrected chi connectivity index (χ1v) is 9.11. The van der Waals surface area contributed by atoms with Gasteiger partial charge in [-0.25, -0.2) is 9.97 Å². The first kappa shape index (κ1) is 21.7. The fourth-order valence-electron chi connectivity index (χ4n) is 2.49. The summed E-state index contributed by atoms with van der Waals surface area (Å²) in [5.41, 5.74) is 16.5. The zero-order valence-electron chi connectivity index (χ0n) is 17.4. The SMILES string of the molecule is C=C(/C=C\C(C)=NC)CNc1ncnc2c(OC)cc(/C(N)=C/C=C(/C)N)cc12. The number of fused-ring (bicyclic) bond motifs is 1. The van der Waals surface area contributed by atoms with E-state index in [2.05, 4.69) is 26.9 Å². The molecule has 0 aliphatic carbocycles. The molecule has 29 heavy (non-hydrogen) atoms. The number of nitrogens with one attached hydrogen (secondary N) is 1. The lowest BCUT2D eigenvalue weighted by molar-refractivity contribution is 0.418. The van der Waals surface area contributed by atoms with Crippen LogP contribution < -0.4 is 21.5 Å². The molecule has 0 saturated heterocycles. The van der Waals surface area contributed by atoms with E-state index in [0.29, 0.717) is 35.0 Å². The van der Waals surface area contributed by atoms with Crippen LogP contribution in [0.2, 0.25) is 0 Å². The van der Waals surface area contributed by atoms with E-state index in [0.717, 1.165) is 22.2 Å². The van der Waals surface area contributed by atoms with Crippen molar-refractivity contribution in [1.29, 1.82) is 0 Å². The third-order valence-electron chi connectivity index (χ3n) is 4.18. The Hall–Kier alpha value is -3.61. The van der Waals surface area contributed by atoms with Gasteiger partial charge in [0.05, 0.1) is 7.11 Å². The van der Waals surface area contributed by atoms with Crippen LogP contribution in [-0.4, -0.2) is 36.4 Å². The topological polar surface area (TPSA) is 111 Å². The first-order chi connectivity index (χ1) is 13.8. The van der Waals surface area contributed by atoms with Crippen LogP contribution >= 0.6 is 0 Å². The predicted octanol–water partition coefficient (Wildman–Crippen LogP) is 3.42. The van der Waals surface area contributed by atoms with Gasteiger partial charge in [-0.1, -0.05) is 12.7 Å². The third-order valence-corrected chi connectivity index (χ3v) is 4.18. The second-order valence-electron chi connectivity index (χ2n) is 6.54. The highest BCUT2D eigenvalue weighted by Gasteiger charge is 2.12. The molecule has 2 aromatic rings. The molecule has 0 amide bonds. The Balaban J connectivity index is 2.40. The number of nitrogens with zero attached hydrogens (tertiary/aromatic N) is 3. The van der Waals surface area contributed by atoms with Gasteiger partial charge in [0.1, 0.15) is 23.4 Å². The fourth-order valence-corrected chi connectivity index (χ4v) is 2.49. The molecule has 152 valence electrons. The van der Waals surface area contributed by atoms with Gasteiger partial charge in [-0.05, 0) is 49.8 Å². The van der Waals surface area contributed by atoms with Gasteiger partial charge in [-0.3, -0.25) is 4.99 Å². The van der Waals surface area contributed by atoms with E-state index in [1.54, 1.807) is 33.2 Å². The number of hydrogen-bond donors (Lipinski definition) is 3. The Labute approximate surface area is 171 Å². The number of hydrogen-bond acceptors (Lipinski definition) is 7. The van der Waals surface area contributed by atoms with Gasteiger partial charge in [0.2, 0.25) is 0 Å². The normalized spacial score (nSPS) is 13.2. The van der Waals surface area contributed by atoms with E-state index in [-0.39, 0.29) is 0 Å². The molecule has 5 N–H and O–H groups in total. The molecule has 1 aromatic carbocycles. The van der Waals surface area contributed by atoms with Crippen LogP contribution in [0.15, 0.2) is 65.6 Å². The zero-order valence-corrected chi connectivity index (χ0v) is 17.4. The Morgan fingerprint density at radius 1 is 1.21 bits per heavy atom. The van der Waals surface area contributed by atoms with Crippen LogP contribution in [-0.2, 0) is 0 Å². The average molecular weight is 393 g/mol. The van der Waals surface area contributed by atoms with Gasteiger partial charge in [-0.15, -0.1) is 0 Å². The molecule has 0 radical (unpaired) electrons. The Morgan fingerprint density at radius 3 is 2.62 bits per heavy atom. The van der Waals surface area contributed by atoms with Gasteiger partial charge < -0.3 is 21.5 Å². The highest BCUT2D eigenvalue weighted by molar-refractivity contribution is 5.95. The summed E-state index contributed by atoms with van der Waals surface area (Å²) in [5, 5.41) is 4.11. The molecule has 0 unspecified atom stereocenters. The average Bonchev–Trinajstić information content (AvgIpc) is 2.73. The molecule has 0 aliphatic heterocycles. The molecule has 7 heteroatoms. The fraction of sp³-hybridized carbons (Fsp3) is 0.227. The minimum atomic E-state index is 0.520. The van der Waals surface area contributed by atoms with E-state index < -0.39 is 0 Å². The summed E-state index contributed by atoms with van der Waals surface area (Å²) in [7, 11) is 3.35. The van der Waals surface area contributed by atoms with Crippen LogP contribution in [0, 0.1) is 0 Å². The summed E-state index contributed by atoms with van der Waals surface area (Å²) >= 11 is 0. The smallest absolute Gasteiger partial charge is 0.145 e. The quantitative estimate of drug-likeness (QED) is 0.469. The van der Waals surface area contributed by atoms with Gasteiger partial charge >= 0.3 is 0 Å². The summed E-state index contributed by atoms with van der Waals surface area (Å²) < 4.78 is 5.52. The number of methoxy groups -OCH3 is 1. The number of nitrogens with two attached hydrogens (primary N) is 2. The molecule has 0 saturated carbocycles. The summed E-state index contributed by atoms with van der Waals surface area (Å²) in [6, 6.07) is 3.78. The van der Waals surface area contributed by atoms with Crippen LogP contribution in [0.3, 0.4) is 0 Å². The van der Waals surface area contributed by atoms with Crippen molar-refractivity contribution in [3.05, 3.63) is 66.2 Å². The Bertz CT molecular complexity index is 1010. The van der Waals surface area contributed by atoms with Crippen molar-refractivity contribution in [3.63, 3.8) is 0 Å². The van der Waals surface area contributed by atoms with E-state index in [4.69, 9.17) is 16.2 Å². The first-order valence-electron chi connectivity index (χ1n) is 9.11. The van der Waals surface area contributed by atoms with Crippen LogP contribution in [0.25, 0.3) is 16.6 Å². The molecule has 2 rings (SSSR count). The maximum absolute atomic E-state index is 6.22. The van der Waals surface area contributed by atoms with E-state index in [1.165, 1.54) is 6.33 Å².